The minimum atomic E-state index is -0.954. The number of para-hydroxylation sites is 2. The van der Waals surface area contributed by atoms with E-state index in [2.05, 4.69) is 10.3 Å². The van der Waals surface area contributed by atoms with Crippen molar-refractivity contribution in [3.05, 3.63) is 64.6 Å². The summed E-state index contributed by atoms with van der Waals surface area (Å²) in [6, 6.07) is 13.7. The van der Waals surface area contributed by atoms with E-state index < -0.39 is 11.9 Å². The number of amidine groups is 1. The van der Waals surface area contributed by atoms with Crippen LogP contribution in [0.15, 0.2) is 58.4 Å². The van der Waals surface area contributed by atoms with Crippen LogP contribution >= 0.6 is 11.8 Å². The van der Waals surface area contributed by atoms with Crippen LogP contribution in [0.3, 0.4) is 0 Å². The van der Waals surface area contributed by atoms with E-state index in [4.69, 9.17) is 14.6 Å². The second-order valence-corrected chi connectivity index (χ2v) is 7.05. The van der Waals surface area contributed by atoms with Crippen molar-refractivity contribution in [2.45, 2.75) is 6.42 Å². The number of benzene rings is 2. The molecule has 0 bridgehead atoms. The molecular formula is C21H18N2O6S. The lowest BCUT2D eigenvalue weighted by Crippen LogP contribution is -2.19. The molecule has 0 aliphatic carbocycles. The quantitative estimate of drug-likeness (QED) is 0.516. The fourth-order valence-corrected chi connectivity index (χ4v) is 3.39. The Bertz CT molecular complexity index is 1050. The zero-order valence-electron chi connectivity index (χ0n) is 16.0. The van der Waals surface area contributed by atoms with Crippen molar-refractivity contribution in [3.63, 3.8) is 0 Å². The number of carbonyl (C=O) groups excluding carboxylic acids is 2. The summed E-state index contributed by atoms with van der Waals surface area (Å²) in [4.78, 5) is 39.7. The second-order valence-electron chi connectivity index (χ2n) is 6.02. The number of esters is 1. The lowest BCUT2D eigenvalue weighted by atomic mass is 10.2. The van der Waals surface area contributed by atoms with Crippen LogP contribution < -0.4 is 10.1 Å². The Hall–Kier alpha value is -3.59. The van der Waals surface area contributed by atoms with Gasteiger partial charge in [-0.1, -0.05) is 30.3 Å². The van der Waals surface area contributed by atoms with Gasteiger partial charge in [0, 0.05) is 5.56 Å². The van der Waals surface area contributed by atoms with Crippen molar-refractivity contribution in [1.29, 1.82) is 0 Å². The van der Waals surface area contributed by atoms with Gasteiger partial charge in [-0.25, -0.2) is 9.79 Å². The molecule has 0 spiro atoms. The van der Waals surface area contributed by atoms with Crippen LogP contribution in [0.4, 0.5) is 5.69 Å². The van der Waals surface area contributed by atoms with Gasteiger partial charge in [0.05, 0.1) is 36.3 Å². The number of ether oxygens (including phenoxy) is 2. The molecule has 1 aliphatic rings. The standard InChI is InChI=1S/C21H18N2O6S/c1-28-20(27)14-7-3-4-8-15(14)22-21-23-19(26)17(30-21)12-13-6-2-5-9-16(13)29-11-10-18(24)25/h2-9,12H,10-11H2,1H3,(H,24,25)(H,22,23,26)/b17-12+. The Morgan fingerprint density at radius 2 is 1.90 bits per heavy atom. The fraction of sp³-hybridized carbons (Fsp3) is 0.143. The van der Waals surface area contributed by atoms with Gasteiger partial charge in [0.2, 0.25) is 0 Å². The predicted molar refractivity (Wildman–Crippen MR) is 113 cm³/mol. The van der Waals surface area contributed by atoms with E-state index in [9.17, 15) is 14.4 Å². The molecule has 2 aromatic carbocycles. The topological polar surface area (TPSA) is 114 Å². The molecule has 3 rings (SSSR count). The van der Waals surface area contributed by atoms with Crippen LogP contribution in [0.1, 0.15) is 22.3 Å². The van der Waals surface area contributed by atoms with Crippen LogP contribution in [0.5, 0.6) is 5.75 Å². The Morgan fingerprint density at radius 1 is 1.17 bits per heavy atom. The number of aliphatic imine (C=N–C) groups is 1. The molecule has 1 amide bonds. The van der Waals surface area contributed by atoms with Gasteiger partial charge in [0.1, 0.15) is 5.75 Å². The van der Waals surface area contributed by atoms with Crippen molar-refractivity contribution in [1.82, 2.24) is 5.32 Å². The number of methoxy groups -OCH3 is 1. The number of carboxylic acid groups (broad SMARTS) is 1. The highest BCUT2D eigenvalue weighted by molar-refractivity contribution is 8.18. The zero-order chi connectivity index (χ0) is 21.5. The van der Waals surface area contributed by atoms with Gasteiger partial charge >= 0.3 is 11.9 Å². The van der Waals surface area contributed by atoms with Crippen molar-refractivity contribution in [3.8, 4) is 5.75 Å². The minimum Gasteiger partial charge on any atom is -0.492 e. The number of thioether (sulfide) groups is 1. The molecule has 8 nitrogen and oxygen atoms in total. The van der Waals surface area contributed by atoms with Crippen molar-refractivity contribution in [2.24, 2.45) is 4.99 Å². The SMILES string of the molecule is COC(=O)c1ccccc1N=C1NC(=O)/C(=C\c2ccccc2OCCC(=O)O)S1. The van der Waals surface area contributed by atoms with E-state index >= 15 is 0 Å². The first-order chi connectivity index (χ1) is 14.5. The van der Waals surface area contributed by atoms with E-state index in [-0.39, 0.29) is 24.5 Å². The largest absolute Gasteiger partial charge is 0.492 e. The first kappa shape index (κ1) is 21.1. The first-order valence-electron chi connectivity index (χ1n) is 8.88. The third kappa shape index (κ3) is 5.26. The third-order valence-electron chi connectivity index (χ3n) is 3.96. The van der Waals surface area contributed by atoms with Gasteiger partial charge in [-0.3, -0.25) is 9.59 Å². The van der Waals surface area contributed by atoms with Crippen molar-refractivity contribution < 1.29 is 29.0 Å². The van der Waals surface area contributed by atoms with Gasteiger partial charge in [-0.2, -0.15) is 0 Å². The number of hydrogen-bond acceptors (Lipinski definition) is 7. The van der Waals surface area contributed by atoms with E-state index in [1.165, 1.54) is 7.11 Å². The van der Waals surface area contributed by atoms with Crippen LogP contribution in [0.25, 0.3) is 6.08 Å². The van der Waals surface area contributed by atoms with Gasteiger partial charge in [0.15, 0.2) is 5.17 Å². The van der Waals surface area contributed by atoms with Gasteiger partial charge in [-0.15, -0.1) is 0 Å². The molecule has 30 heavy (non-hydrogen) atoms. The maximum atomic E-state index is 12.4. The molecule has 1 aliphatic heterocycles. The van der Waals surface area contributed by atoms with Gasteiger partial charge in [-0.05, 0) is 36.0 Å². The molecule has 1 fully saturated rings. The Labute approximate surface area is 176 Å². The minimum absolute atomic E-state index is 0.0197. The summed E-state index contributed by atoms with van der Waals surface area (Å²) in [6.45, 7) is 0.0197. The van der Waals surface area contributed by atoms with Crippen LogP contribution in [-0.2, 0) is 14.3 Å². The average Bonchev–Trinajstić information content (AvgIpc) is 3.07. The highest BCUT2D eigenvalue weighted by Gasteiger charge is 2.25. The molecule has 2 N–H and O–H groups in total. The summed E-state index contributed by atoms with van der Waals surface area (Å²) in [5.74, 6) is -1.34. The fourth-order valence-electron chi connectivity index (χ4n) is 2.56. The molecule has 154 valence electrons. The molecule has 2 aromatic rings. The van der Waals surface area contributed by atoms with E-state index in [0.717, 1.165) is 11.8 Å². The van der Waals surface area contributed by atoms with E-state index in [1.54, 1.807) is 54.6 Å². The number of nitrogens with one attached hydrogen (secondary N) is 1. The highest BCUT2D eigenvalue weighted by Crippen LogP contribution is 2.31. The number of amides is 1. The molecule has 9 heteroatoms. The van der Waals surface area contributed by atoms with E-state index in [1.807, 2.05) is 0 Å². The van der Waals surface area contributed by atoms with Crippen LogP contribution in [-0.4, -0.2) is 41.8 Å². The molecule has 0 radical (unpaired) electrons. The summed E-state index contributed by atoms with van der Waals surface area (Å²) < 4.78 is 10.3. The molecule has 0 atom stereocenters. The van der Waals surface area contributed by atoms with Gasteiger partial charge in [0.25, 0.3) is 5.91 Å². The lowest BCUT2D eigenvalue weighted by molar-refractivity contribution is -0.137. The van der Waals surface area contributed by atoms with E-state index in [0.29, 0.717) is 27.1 Å². The third-order valence-corrected chi connectivity index (χ3v) is 4.87. The number of rotatable bonds is 7. The summed E-state index contributed by atoms with van der Waals surface area (Å²) >= 11 is 1.12. The Kier molecular flexibility index (Phi) is 6.87. The van der Waals surface area contributed by atoms with Crippen molar-refractivity contribution >= 4 is 46.5 Å². The smallest absolute Gasteiger partial charge is 0.340 e. The number of carbonyl (C=O) groups is 3. The number of carboxylic acids is 1. The summed E-state index contributed by atoms with van der Waals surface area (Å²) in [5, 5.41) is 11.8. The molecule has 0 saturated carbocycles. The van der Waals surface area contributed by atoms with Crippen LogP contribution in [0, 0.1) is 0 Å². The number of aliphatic carboxylic acids is 1. The maximum absolute atomic E-state index is 12.4. The zero-order valence-corrected chi connectivity index (χ0v) is 16.8. The lowest BCUT2D eigenvalue weighted by Gasteiger charge is -2.08. The molecule has 0 aromatic heterocycles. The number of nitrogens with zero attached hydrogens (tertiary/aromatic N) is 1. The molecular weight excluding hydrogens is 408 g/mol. The maximum Gasteiger partial charge on any atom is 0.340 e. The molecule has 1 heterocycles. The normalized spacial score (nSPS) is 15.8. The van der Waals surface area contributed by atoms with Crippen LogP contribution in [0.2, 0.25) is 0 Å². The average molecular weight is 426 g/mol. The Morgan fingerprint density at radius 3 is 2.67 bits per heavy atom. The second kappa shape index (κ2) is 9.75. The summed E-state index contributed by atoms with van der Waals surface area (Å²) in [7, 11) is 1.29. The molecule has 0 unspecified atom stereocenters. The van der Waals surface area contributed by atoms with Crippen molar-refractivity contribution in [2.75, 3.05) is 13.7 Å². The highest BCUT2D eigenvalue weighted by atomic mass is 32.2. The van der Waals surface area contributed by atoms with Gasteiger partial charge < -0.3 is 19.9 Å². The predicted octanol–water partition coefficient (Wildman–Crippen LogP) is 3.22. The number of hydrogen-bond donors (Lipinski definition) is 2. The summed E-state index contributed by atoms with van der Waals surface area (Å²) in [5.41, 5.74) is 1.31. The summed E-state index contributed by atoms with van der Waals surface area (Å²) in [6.07, 6.45) is 1.52. The Balaban J connectivity index is 1.82. The first-order valence-corrected chi connectivity index (χ1v) is 9.70. The molecule has 1 saturated heterocycles. The monoisotopic (exact) mass is 426 g/mol.